The summed E-state index contributed by atoms with van der Waals surface area (Å²) in [6, 6.07) is 14.4. The molecule has 0 bridgehead atoms. The van der Waals surface area contributed by atoms with Crippen molar-refractivity contribution >= 4 is 21.5 Å². The second kappa shape index (κ2) is 7.76. The number of hydrogen-bond donors (Lipinski definition) is 3. The highest BCUT2D eigenvalue weighted by Crippen LogP contribution is 2.50. The number of carbonyl (C=O) groups is 1. The van der Waals surface area contributed by atoms with Gasteiger partial charge in [-0.05, 0) is 53.8 Å². The van der Waals surface area contributed by atoms with Crippen LogP contribution >= 0.6 is 0 Å². The van der Waals surface area contributed by atoms with E-state index in [2.05, 4.69) is 6.07 Å². The first-order chi connectivity index (χ1) is 15.4. The maximum atomic E-state index is 13.4. The summed E-state index contributed by atoms with van der Waals surface area (Å²) >= 11 is 0. The van der Waals surface area contributed by atoms with Gasteiger partial charge in [0.2, 0.25) is 10.0 Å². The summed E-state index contributed by atoms with van der Waals surface area (Å²) in [4.78, 5) is 15.0. The predicted octanol–water partition coefficient (Wildman–Crippen LogP) is 2.98. The summed E-state index contributed by atoms with van der Waals surface area (Å²) in [5.74, 6) is -0.491. The molecule has 1 atom stereocenters. The first kappa shape index (κ1) is 22.6. The SMILES string of the molecule is CC1(C)CC(=O)C2=C(C1)N(c1ccc(S(N)(=O)=O)cc1)C(N)=C(C#N)C2c1ccc(O)cc1. The number of nitrogens with two attached hydrogens (primary N) is 2. The van der Waals surface area contributed by atoms with Crippen LogP contribution in [0.2, 0.25) is 0 Å². The second-order valence-electron chi connectivity index (χ2n) is 9.11. The van der Waals surface area contributed by atoms with E-state index in [-0.39, 0.29) is 33.2 Å². The Kier molecular flexibility index (Phi) is 5.31. The molecule has 2 aliphatic rings. The van der Waals surface area contributed by atoms with Gasteiger partial charge in [0.1, 0.15) is 11.6 Å². The van der Waals surface area contributed by atoms with E-state index < -0.39 is 15.9 Å². The molecule has 0 aromatic heterocycles. The number of rotatable bonds is 3. The number of ketones is 1. The average Bonchev–Trinajstić information content (AvgIpc) is 2.72. The van der Waals surface area contributed by atoms with Crippen molar-refractivity contribution in [3.63, 3.8) is 0 Å². The van der Waals surface area contributed by atoms with E-state index in [4.69, 9.17) is 10.9 Å². The topological polar surface area (TPSA) is 151 Å². The molecule has 8 nitrogen and oxygen atoms in total. The van der Waals surface area contributed by atoms with Crippen molar-refractivity contribution in [1.82, 2.24) is 0 Å². The van der Waals surface area contributed by atoms with Crippen LogP contribution in [0.1, 0.15) is 38.2 Å². The number of carbonyl (C=O) groups excluding carboxylic acids is 1. The van der Waals surface area contributed by atoms with Crippen LogP contribution in [0.3, 0.4) is 0 Å². The van der Waals surface area contributed by atoms with E-state index in [1.165, 1.54) is 24.3 Å². The van der Waals surface area contributed by atoms with Crippen molar-refractivity contribution in [2.45, 2.75) is 37.5 Å². The maximum absolute atomic E-state index is 13.4. The molecule has 0 saturated heterocycles. The highest BCUT2D eigenvalue weighted by molar-refractivity contribution is 7.89. The van der Waals surface area contributed by atoms with Gasteiger partial charge in [0.15, 0.2) is 5.78 Å². The molecule has 170 valence electrons. The number of phenols is 1. The molecule has 0 spiro atoms. The van der Waals surface area contributed by atoms with Gasteiger partial charge in [-0.3, -0.25) is 9.69 Å². The normalized spacial score (nSPS) is 20.5. The lowest BCUT2D eigenvalue weighted by Gasteiger charge is -2.43. The predicted molar refractivity (Wildman–Crippen MR) is 123 cm³/mol. The summed E-state index contributed by atoms with van der Waals surface area (Å²) in [5, 5.41) is 25.0. The number of aromatic hydroxyl groups is 1. The van der Waals surface area contributed by atoms with E-state index in [1.54, 1.807) is 29.2 Å². The molecule has 33 heavy (non-hydrogen) atoms. The monoisotopic (exact) mass is 464 g/mol. The maximum Gasteiger partial charge on any atom is 0.238 e. The lowest BCUT2D eigenvalue weighted by molar-refractivity contribution is -0.118. The lowest BCUT2D eigenvalue weighted by Crippen LogP contribution is -2.42. The van der Waals surface area contributed by atoms with Crippen LogP contribution in [0.15, 0.2) is 76.1 Å². The van der Waals surface area contributed by atoms with Gasteiger partial charge in [0.25, 0.3) is 0 Å². The number of sulfonamides is 1. The van der Waals surface area contributed by atoms with Gasteiger partial charge in [-0.1, -0.05) is 26.0 Å². The fraction of sp³-hybridized carbons (Fsp3) is 0.250. The number of primary sulfonamides is 1. The molecular weight excluding hydrogens is 440 g/mol. The molecule has 0 radical (unpaired) electrons. The molecule has 1 aliphatic heterocycles. The molecule has 2 aromatic carbocycles. The average molecular weight is 465 g/mol. The zero-order valence-corrected chi connectivity index (χ0v) is 19.1. The van der Waals surface area contributed by atoms with Gasteiger partial charge in [-0.2, -0.15) is 5.26 Å². The molecule has 9 heteroatoms. The number of nitriles is 1. The smallest absolute Gasteiger partial charge is 0.238 e. The number of Topliss-reactive ketones (excluding diaryl/α,β-unsaturated/α-hetero) is 1. The van der Waals surface area contributed by atoms with Crippen molar-refractivity contribution in [2.75, 3.05) is 4.90 Å². The Balaban J connectivity index is 1.96. The van der Waals surface area contributed by atoms with Gasteiger partial charge in [0, 0.05) is 23.4 Å². The fourth-order valence-corrected chi connectivity index (χ4v) is 5.10. The van der Waals surface area contributed by atoms with Crippen LogP contribution in [0.4, 0.5) is 5.69 Å². The molecular formula is C24H24N4O4S. The minimum atomic E-state index is -3.88. The minimum absolute atomic E-state index is 0.0532. The highest BCUT2D eigenvalue weighted by atomic mass is 32.2. The number of anilines is 1. The lowest BCUT2D eigenvalue weighted by atomic mass is 9.68. The Labute approximate surface area is 192 Å². The van der Waals surface area contributed by atoms with Crippen molar-refractivity contribution in [1.29, 1.82) is 5.26 Å². The second-order valence-corrected chi connectivity index (χ2v) is 10.7. The van der Waals surface area contributed by atoms with Gasteiger partial charge >= 0.3 is 0 Å². The zero-order chi connectivity index (χ0) is 24.1. The largest absolute Gasteiger partial charge is 0.508 e. The fourth-order valence-electron chi connectivity index (χ4n) is 4.59. The Morgan fingerprint density at radius 2 is 1.70 bits per heavy atom. The number of benzene rings is 2. The first-order valence-corrected chi connectivity index (χ1v) is 11.9. The Hall–Kier alpha value is -3.61. The van der Waals surface area contributed by atoms with Crippen LogP contribution in [0.25, 0.3) is 0 Å². The summed E-state index contributed by atoms with van der Waals surface area (Å²) in [6.07, 6.45) is 0.843. The molecule has 1 heterocycles. The standard InChI is InChI=1S/C24H24N4O4S/c1-24(2)11-19-22(20(30)12-24)21(14-3-7-16(29)8-4-14)18(13-25)23(26)28(19)15-5-9-17(10-6-15)33(27,31)32/h3-10,21,29H,11-12,26H2,1-2H3,(H2,27,31,32). The van der Waals surface area contributed by atoms with Crippen LogP contribution in [0.5, 0.6) is 5.75 Å². The number of nitrogens with zero attached hydrogens (tertiary/aromatic N) is 2. The zero-order valence-electron chi connectivity index (χ0n) is 18.2. The van der Waals surface area contributed by atoms with E-state index in [0.717, 1.165) is 0 Å². The van der Waals surface area contributed by atoms with Gasteiger partial charge in [-0.15, -0.1) is 0 Å². The van der Waals surface area contributed by atoms with Crippen LogP contribution in [-0.2, 0) is 14.8 Å². The highest BCUT2D eigenvalue weighted by Gasteiger charge is 2.44. The first-order valence-electron chi connectivity index (χ1n) is 10.3. The third kappa shape index (κ3) is 3.99. The van der Waals surface area contributed by atoms with E-state index in [0.29, 0.717) is 35.4 Å². The molecule has 5 N–H and O–H groups in total. The van der Waals surface area contributed by atoms with Gasteiger partial charge in [0.05, 0.1) is 22.5 Å². The Morgan fingerprint density at radius 1 is 1.09 bits per heavy atom. The van der Waals surface area contributed by atoms with E-state index in [1.807, 2.05) is 13.8 Å². The van der Waals surface area contributed by atoms with Crippen LogP contribution < -0.4 is 15.8 Å². The summed E-state index contributed by atoms with van der Waals surface area (Å²) in [5.41, 5.74) is 8.77. The molecule has 0 saturated carbocycles. The molecule has 1 unspecified atom stereocenters. The van der Waals surface area contributed by atoms with Crippen molar-refractivity contribution in [3.05, 3.63) is 76.8 Å². The van der Waals surface area contributed by atoms with Gasteiger partial charge in [-0.25, -0.2) is 13.6 Å². The quantitative estimate of drug-likeness (QED) is 0.632. The number of hydrogen-bond acceptors (Lipinski definition) is 7. The number of allylic oxidation sites excluding steroid dienone is 3. The van der Waals surface area contributed by atoms with E-state index in [9.17, 15) is 23.6 Å². The molecule has 4 rings (SSSR count). The number of phenolic OH excluding ortho intramolecular Hbond substituents is 1. The van der Waals surface area contributed by atoms with E-state index >= 15 is 0 Å². The molecule has 2 aromatic rings. The molecule has 0 amide bonds. The summed E-state index contributed by atoms with van der Waals surface area (Å²) in [7, 11) is -3.88. The molecule has 1 aliphatic carbocycles. The van der Waals surface area contributed by atoms with Crippen molar-refractivity contribution in [3.8, 4) is 11.8 Å². The van der Waals surface area contributed by atoms with Crippen molar-refractivity contribution < 1.29 is 18.3 Å². The third-order valence-corrected chi connectivity index (χ3v) is 6.96. The Bertz CT molecular complexity index is 1350. The molecule has 0 fully saturated rings. The van der Waals surface area contributed by atoms with Crippen molar-refractivity contribution in [2.24, 2.45) is 16.3 Å². The van der Waals surface area contributed by atoms with Gasteiger partial charge < -0.3 is 10.8 Å². The van der Waals surface area contributed by atoms with Crippen LogP contribution in [0, 0.1) is 16.7 Å². The summed E-state index contributed by atoms with van der Waals surface area (Å²) < 4.78 is 23.4. The Morgan fingerprint density at radius 3 is 2.24 bits per heavy atom. The summed E-state index contributed by atoms with van der Waals surface area (Å²) in [6.45, 7) is 3.98. The third-order valence-electron chi connectivity index (χ3n) is 6.03. The minimum Gasteiger partial charge on any atom is -0.508 e. The van der Waals surface area contributed by atoms with Crippen LogP contribution in [-0.4, -0.2) is 19.3 Å².